The first-order valence-electron chi connectivity index (χ1n) is 10.1. The van der Waals surface area contributed by atoms with E-state index in [1.54, 1.807) is 0 Å². The van der Waals surface area contributed by atoms with Crippen molar-refractivity contribution in [2.75, 3.05) is 13.2 Å². The van der Waals surface area contributed by atoms with Crippen molar-refractivity contribution in [1.82, 2.24) is 14.6 Å². The van der Waals surface area contributed by atoms with Gasteiger partial charge in [0, 0.05) is 11.1 Å². The summed E-state index contributed by atoms with van der Waals surface area (Å²) in [6.45, 7) is 5.45. The molecule has 30 heavy (non-hydrogen) atoms. The van der Waals surface area contributed by atoms with E-state index in [2.05, 4.69) is 23.9 Å². The minimum absolute atomic E-state index is 0.179. The molecule has 2 aromatic heterocycles. The zero-order chi connectivity index (χ0) is 20.9. The Morgan fingerprint density at radius 1 is 1.00 bits per heavy atom. The minimum atomic E-state index is -0.179. The summed E-state index contributed by atoms with van der Waals surface area (Å²) in [7, 11) is 0. The molecule has 0 aliphatic carbocycles. The number of hydrogen-bond donors (Lipinski definition) is 0. The van der Waals surface area contributed by atoms with Gasteiger partial charge in [0.1, 0.15) is 11.5 Å². The second-order valence-corrected chi connectivity index (χ2v) is 7.81. The maximum absolute atomic E-state index is 12.9. The van der Waals surface area contributed by atoms with Gasteiger partial charge < -0.3 is 9.47 Å². The molecule has 2 aromatic carbocycles. The Kier molecular flexibility index (Phi) is 6.09. The van der Waals surface area contributed by atoms with Crippen LogP contribution in [0.25, 0.3) is 22.4 Å². The molecular weight excluding hydrogens is 398 g/mol. The van der Waals surface area contributed by atoms with Crippen molar-refractivity contribution in [3.05, 3.63) is 69.0 Å². The van der Waals surface area contributed by atoms with E-state index in [-0.39, 0.29) is 5.56 Å². The lowest BCUT2D eigenvalue weighted by molar-refractivity contribution is 0.317. The van der Waals surface area contributed by atoms with Crippen LogP contribution in [0.15, 0.2) is 53.3 Å². The minimum Gasteiger partial charge on any atom is -0.494 e. The summed E-state index contributed by atoms with van der Waals surface area (Å²) < 4.78 is 13.3. The van der Waals surface area contributed by atoms with Crippen molar-refractivity contribution in [3.63, 3.8) is 0 Å². The van der Waals surface area contributed by atoms with Gasteiger partial charge in [-0.25, -0.2) is 0 Å². The number of nitrogens with zero attached hydrogens (tertiary/aromatic N) is 3. The molecule has 0 radical (unpaired) electrons. The van der Waals surface area contributed by atoms with Crippen LogP contribution >= 0.6 is 11.3 Å². The van der Waals surface area contributed by atoms with Crippen LogP contribution in [0.2, 0.25) is 0 Å². The zero-order valence-electron chi connectivity index (χ0n) is 17.0. The highest BCUT2D eigenvalue weighted by Gasteiger charge is 2.12. The van der Waals surface area contributed by atoms with Crippen LogP contribution in [0.5, 0.6) is 11.5 Å². The molecule has 0 aliphatic rings. The van der Waals surface area contributed by atoms with Crippen molar-refractivity contribution in [1.29, 1.82) is 0 Å². The predicted molar refractivity (Wildman–Crippen MR) is 119 cm³/mol. The molecule has 4 rings (SSSR count). The standard InChI is InChI=1S/C23H23N3O3S/c1-3-13-28-18-11-9-16(10-12-18)21-24-23-26(25-21)22(27)20(30-23)15-17-7-5-6-8-19(17)29-14-4-2/h5-12,15H,3-4,13-14H2,1-2H3. The van der Waals surface area contributed by atoms with E-state index in [9.17, 15) is 4.79 Å². The molecule has 0 aliphatic heterocycles. The Morgan fingerprint density at radius 3 is 2.47 bits per heavy atom. The van der Waals surface area contributed by atoms with E-state index in [0.29, 0.717) is 28.5 Å². The summed E-state index contributed by atoms with van der Waals surface area (Å²) in [6.07, 6.45) is 3.72. The molecule has 0 amide bonds. The highest BCUT2D eigenvalue weighted by molar-refractivity contribution is 7.15. The normalized spacial score (nSPS) is 11.9. The molecule has 4 aromatic rings. The fourth-order valence-corrected chi connectivity index (χ4v) is 3.86. The fraction of sp³-hybridized carbons (Fsp3) is 0.261. The van der Waals surface area contributed by atoms with E-state index in [0.717, 1.165) is 35.5 Å². The maximum Gasteiger partial charge on any atom is 0.291 e. The summed E-state index contributed by atoms with van der Waals surface area (Å²) in [5.74, 6) is 2.11. The SMILES string of the molecule is CCCOc1ccc(-c2nc3sc(=Cc4ccccc4OCCC)c(=O)n3n2)cc1. The molecule has 0 saturated carbocycles. The maximum atomic E-state index is 12.9. The lowest BCUT2D eigenvalue weighted by Crippen LogP contribution is -2.23. The summed E-state index contributed by atoms with van der Waals surface area (Å²) >= 11 is 1.32. The number of hydrogen-bond acceptors (Lipinski definition) is 6. The molecule has 0 unspecified atom stereocenters. The van der Waals surface area contributed by atoms with E-state index in [1.807, 2.05) is 54.6 Å². The molecule has 0 fully saturated rings. The fourth-order valence-electron chi connectivity index (χ4n) is 2.96. The van der Waals surface area contributed by atoms with Crippen LogP contribution < -0.4 is 19.6 Å². The van der Waals surface area contributed by atoms with E-state index in [1.165, 1.54) is 15.9 Å². The van der Waals surface area contributed by atoms with Gasteiger partial charge in [0.15, 0.2) is 5.82 Å². The Bertz CT molecular complexity index is 1250. The first kappa shape index (κ1) is 20.1. The number of aromatic nitrogens is 3. The Hall–Kier alpha value is -3.19. The van der Waals surface area contributed by atoms with Gasteiger partial charge in [-0.1, -0.05) is 43.4 Å². The first-order valence-corrected chi connectivity index (χ1v) is 10.9. The molecule has 0 bridgehead atoms. The number of ether oxygens (including phenoxy) is 2. The molecule has 0 spiro atoms. The monoisotopic (exact) mass is 421 g/mol. The lowest BCUT2D eigenvalue weighted by atomic mass is 10.2. The smallest absolute Gasteiger partial charge is 0.291 e. The summed E-state index contributed by atoms with van der Waals surface area (Å²) in [5.41, 5.74) is 1.54. The molecule has 0 saturated heterocycles. The molecule has 2 heterocycles. The van der Waals surface area contributed by atoms with Crippen LogP contribution in [-0.2, 0) is 0 Å². The van der Waals surface area contributed by atoms with Gasteiger partial charge in [-0.05, 0) is 49.2 Å². The van der Waals surface area contributed by atoms with Crippen LogP contribution in [0.4, 0.5) is 0 Å². The van der Waals surface area contributed by atoms with E-state index >= 15 is 0 Å². The largest absolute Gasteiger partial charge is 0.494 e. The van der Waals surface area contributed by atoms with Crippen LogP contribution in [-0.4, -0.2) is 27.8 Å². The second-order valence-electron chi connectivity index (χ2n) is 6.80. The van der Waals surface area contributed by atoms with Gasteiger partial charge in [-0.15, -0.1) is 5.10 Å². The molecule has 6 nitrogen and oxygen atoms in total. The van der Waals surface area contributed by atoms with Crippen molar-refractivity contribution in [3.8, 4) is 22.9 Å². The van der Waals surface area contributed by atoms with Crippen molar-refractivity contribution in [2.24, 2.45) is 0 Å². The average molecular weight is 422 g/mol. The Morgan fingerprint density at radius 2 is 1.73 bits per heavy atom. The van der Waals surface area contributed by atoms with Crippen LogP contribution in [0, 0.1) is 0 Å². The summed E-state index contributed by atoms with van der Waals surface area (Å²) in [4.78, 5) is 18.0. The predicted octanol–water partition coefficient (Wildman–Crippen LogP) is 3.94. The van der Waals surface area contributed by atoms with Crippen LogP contribution in [0.1, 0.15) is 32.3 Å². The highest BCUT2D eigenvalue weighted by atomic mass is 32.1. The topological polar surface area (TPSA) is 65.7 Å². The molecule has 7 heteroatoms. The van der Waals surface area contributed by atoms with Gasteiger partial charge in [-0.3, -0.25) is 4.79 Å². The average Bonchev–Trinajstić information content (AvgIpc) is 3.31. The zero-order valence-corrected chi connectivity index (χ0v) is 17.8. The van der Waals surface area contributed by atoms with Crippen LogP contribution in [0.3, 0.4) is 0 Å². The second kappa shape index (κ2) is 9.09. The molecule has 0 N–H and O–H groups in total. The Labute approximate surface area is 178 Å². The quantitative estimate of drug-likeness (QED) is 0.431. The third kappa shape index (κ3) is 4.21. The highest BCUT2D eigenvalue weighted by Crippen LogP contribution is 2.21. The molecular formula is C23H23N3O3S. The Balaban J connectivity index is 1.65. The number of rotatable bonds is 8. The molecule has 0 atom stereocenters. The third-order valence-electron chi connectivity index (χ3n) is 4.43. The lowest BCUT2D eigenvalue weighted by Gasteiger charge is -2.07. The van der Waals surface area contributed by atoms with Gasteiger partial charge in [-0.2, -0.15) is 9.50 Å². The van der Waals surface area contributed by atoms with E-state index < -0.39 is 0 Å². The number of thiazole rings is 1. The first-order chi connectivity index (χ1) is 14.7. The molecule has 154 valence electrons. The van der Waals surface area contributed by atoms with Gasteiger partial charge >= 0.3 is 0 Å². The van der Waals surface area contributed by atoms with Crippen molar-refractivity contribution in [2.45, 2.75) is 26.7 Å². The summed E-state index contributed by atoms with van der Waals surface area (Å²) in [6, 6.07) is 15.3. The van der Waals surface area contributed by atoms with Crippen molar-refractivity contribution >= 4 is 22.4 Å². The third-order valence-corrected chi connectivity index (χ3v) is 5.39. The van der Waals surface area contributed by atoms with Gasteiger partial charge in [0.2, 0.25) is 4.96 Å². The number of benzene rings is 2. The summed E-state index contributed by atoms with van der Waals surface area (Å²) in [5, 5.41) is 4.42. The van der Waals surface area contributed by atoms with Gasteiger partial charge in [0.25, 0.3) is 5.56 Å². The van der Waals surface area contributed by atoms with Gasteiger partial charge in [0.05, 0.1) is 17.7 Å². The number of para-hydroxylation sites is 1. The van der Waals surface area contributed by atoms with Crippen molar-refractivity contribution < 1.29 is 9.47 Å². The number of fused-ring (bicyclic) bond motifs is 1. The van der Waals surface area contributed by atoms with E-state index in [4.69, 9.17) is 9.47 Å².